The van der Waals surface area contributed by atoms with Crippen molar-refractivity contribution < 1.29 is 19.1 Å². The molecule has 1 aromatic heterocycles. The van der Waals surface area contributed by atoms with E-state index in [9.17, 15) is 9.59 Å². The minimum absolute atomic E-state index is 0.197. The van der Waals surface area contributed by atoms with Gasteiger partial charge in [-0.3, -0.25) is 25.4 Å². The van der Waals surface area contributed by atoms with Crippen LogP contribution in [0.25, 0.3) is 0 Å². The Morgan fingerprint density at radius 2 is 1.89 bits per heavy atom. The maximum absolute atomic E-state index is 12.4. The smallest absolute Gasteiger partial charge is 0.288 e. The largest absolute Gasteiger partial charge is 0.381 e. The van der Waals surface area contributed by atoms with Crippen LogP contribution in [0.3, 0.4) is 0 Å². The van der Waals surface area contributed by atoms with Crippen LogP contribution in [-0.2, 0) is 20.9 Å². The Bertz CT molecular complexity index is 689. The summed E-state index contributed by atoms with van der Waals surface area (Å²) in [6, 6.07) is 1.78. The van der Waals surface area contributed by atoms with Gasteiger partial charge >= 0.3 is 0 Å². The number of hydrogen-bond acceptors (Lipinski definition) is 5. The lowest BCUT2D eigenvalue weighted by molar-refractivity contribution is -0.129. The molecule has 0 atom stereocenters. The van der Waals surface area contributed by atoms with E-state index >= 15 is 0 Å². The molecule has 0 unspecified atom stereocenters. The summed E-state index contributed by atoms with van der Waals surface area (Å²) in [5, 5.41) is 0. The summed E-state index contributed by atoms with van der Waals surface area (Å²) in [4.78, 5) is 28.6. The van der Waals surface area contributed by atoms with Gasteiger partial charge in [0.1, 0.15) is 5.69 Å². The van der Waals surface area contributed by atoms with Crippen LogP contribution in [0.2, 0.25) is 0 Å². The number of hydrogen-bond donors (Lipinski definition) is 2. The number of nitrogens with one attached hydrogen (secondary N) is 2. The lowest BCUT2D eigenvalue weighted by atomic mass is 9.96. The molecule has 2 aliphatic rings. The number of aromatic nitrogens is 1. The van der Waals surface area contributed by atoms with Gasteiger partial charge in [-0.1, -0.05) is 20.8 Å². The van der Waals surface area contributed by atoms with Crippen LogP contribution in [-0.4, -0.2) is 36.1 Å². The summed E-state index contributed by atoms with van der Waals surface area (Å²) in [7, 11) is 0. The zero-order valence-corrected chi connectivity index (χ0v) is 16.3. The number of carbonyl (C=O) groups is 2. The maximum atomic E-state index is 12.4. The van der Waals surface area contributed by atoms with Gasteiger partial charge in [-0.25, -0.2) is 0 Å². The van der Waals surface area contributed by atoms with Gasteiger partial charge in [-0.15, -0.1) is 0 Å². The highest BCUT2D eigenvalue weighted by atomic mass is 16.5. The summed E-state index contributed by atoms with van der Waals surface area (Å²) in [6.07, 6.45) is 6.08. The molecule has 0 spiro atoms. The van der Waals surface area contributed by atoms with Crippen LogP contribution < -0.4 is 10.9 Å². The second-order valence-electron chi connectivity index (χ2n) is 8.32. The fraction of sp³-hybridized carbons (Fsp3) is 0.650. The van der Waals surface area contributed by atoms with E-state index in [0.717, 1.165) is 50.0 Å². The first-order valence-electron chi connectivity index (χ1n) is 9.63. The Morgan fingerprint density at radius 3 is 2.52 bits per heavy atom. The van der Waals surface area contributed by atoms with E-state index in [1.54, 1.807) is 33.0 Å². The predicted octanol–water partition coefficient (Wildman–Crippen LogP) is 2.46. The molecule has 27 heavy (non-hydrogen) atoms. The Kier molecular flexibility index (Phi) is 6.11. The third-order valence-corrected chi connectivity index (χ3v) is 4.89. The molecule has 2 fully saturated rings. The molecule has 1 aromatic rings. The van der Waals surface area contributed by atoms with Gasteiger partial charge in [0.05, 0.1) is 12.7 Å². The maximum Gasteiger partial charge on any atom is 0.288 e. The molecular weight excluding hydrogens is 346 g/mol. The second kappa shape index (κ2) is 8.35. The summed E-state index contributed by atoms with van der Waals surface area (Å²) in [5.41, 5.74) is 6.76. The molecule has 1 aliphatic heterocycles. The van der Waals surface area contributed by atoms with E-state index in [-0.39, 0.29) is 17.7 Å². The summed E-state index contributed by atoms with van der Waals surface area (Å²) in [5.74, 6) is -0.167. The van der Waals surface area contributed by atoms with E-state index in [4.69, 9.17) is 9.47 Å². The molecule has 1 aliphatic carbocycles. The molecule has 3 rings (SSSR count). The molecule has 148 valence electrons. The number of amides is 2. The van der Waals surface area contributed by atoms with Crippen LogP contribution in [0.4, 0.5) is 0 Å². The van der Waals surface area contributed by atoms with Crippen molar-refractivity contribution in [3.05, 3.63) is 29.1 Å². The minimum Gasteiger partial charge on any atom is -0.381 e. The lowest BCUT2D eigenvalue weighted by Crippen LogP contribution is -2.46. The molecule has 0 radical (unpaired) electrons. The SMILES string of the molecule is CC(C)(C)C(=O)NNC(=O)c1cc(COC2CCOCC2)c(C2CC2)cn1. The number of ether oxygens (including phenoxy) is 2. The Labute approximate surface area is 160 Å². The van der Waals surface area contributed by atoms with Crippen molar-refractivity contribution >= 4 is 11.8 Å². The summed E-state index contributed by atoms with van der Waals surface area (Å²) >= 11 is 0. The van der Waals surface area contributed by atoms with Gasteiger partial charge in [0.25, 0.3) is 5.91 Å². The summed E-state index contributed by atoms with van der Waals surface area (Å²) < 4.78 is 11.4. The standard InChI is InChI=1S/C20H29N3O4/c1-20(2,3)19(25)23-22-18(24)17-10-14(16(11-21-17)13-4-5-13)12-27-15-6-8-26-9-7-15/h10-11,13,15H,4-9,12H2,1-3H3,(H,22,24)(H,23,25). The molecule has 7 nitrogen and oxygen atoms in total. The van der Waals surface area contributed by atoms with Crippen LogP contribution in [0.15, 0.2) is 12.3 Å². The zero-order valence-electron chi connectivity index (χ0n) is 16.3. The first-order valence-corrected chi connectivity index (χ1v) is 9.63. The van der Waals surface area contributed by atoms with Crippen molar-refractivity contribution in [3.63, 3.8) is 0 Å². The molecule has 7 heteroatoms. The average molecular weight is 375 g/mol. The minimum atomic E-state index is -0.584. The topological polar surface area (TPSA) is 89.6 Å². The average Bonchev–Trinajstić information content (AvgIpc) is 3.49. The number of nitrogens with zero attached hydrogens (tertiary/aromatic N) is 1. The fourth-order valence-corrected chi connectivity index (χ4v) is 2.93. The third-order valence-electron chi connectivity index (χ3n) is 4.89. The number of hydrazine groups is 1. The normalized spacial score (nSPS) is 18.2. The van der Waals surface area contributed by atoms with Gasteiger partial charge in [-0.05, 0) is 48.8 Å². The first-order chi connectivity index (χ1) is 12.8. The molecule has 1 saturated heterocycles. The Balaban J connectivity index is 1.65. The quantitative estimate of drug-likeness (QED) is 0.772. The third kappa shape index (κ3) is 5.49. The molecular formula is C20H29N3O4. The van der Waals surface area contributed by atoms with Crippen molar-refractivity contribution in [1.29, 1.82) is 0 Å². The number of rotatable bonds is 5. The van der Waals surface area contributed by atoms with Crippen molar-refractivity contribution in [1.82, 2.24) is 15.8 Å². The van der Waals surface area contributed by atoms with Crippen LogP contribution >= 0.6 is 0 Å². The molecule has 0 bridgehead atoms. The van der Waals surface area contributed by atoms with Gasteiger partial charge in [0.15, 0.2) is 0 Å². The molecule has 2 amide bonds. The monoisotopic (exact) mass is 375 g/mol. The van der Waals surface area contributed by atoms with Crippen molar-refractivity contribution in [2.75, 3.05) is 13.2 Å². The van der Waals surface area contributed by atoms with Gasteiger partial charge < -0.3 is 9.47 Å². The highest BCUT2D eigenvalue weighted by Crippen LogP contribution is 2.41. The van der Waals surface area contributed by atoms with Crippen molar-refractivity contribution in [3.8, 4) is 0 Å². The lowest BCUT2D eigenvalue weighted by Gasteiger charge is -2.23. The van der Waals surface area contributed by atoms with Crippen molar-refractivity contribution in [2.45, 2.75) is 65.1 Å². The zero-order chi connectivity index (χ0) is 19.4. The molecule has 0 aromatic carbocycles. The van der Waals surface area contributed by atoms with Crippen LogP contribution in [0.1, 0.15) is 74.0 Å². The van der Waals surface area contributed by atoms with Gasteiger partial charge in [-0.2, -0.15) is 0 Å². The van der Waals surface area contributed by atoms with Gasteiger partial charge in [0.2, 0.25) is 5.91 Å². The molecule has 2 heterocycles. The highest BCUT2D eigenvalue weighted by Gasteiger charge is 2.28. The van der Waals surface area contributed by atoms with E-state index in [1.807, 2.05) is 0 Å². The first kappa shape index (κ1) is 19.8. The van der Waals surface area contributed by atoms with E-state index < -0.39 is 11.3 Å². The van der Waals surface area contributed by atoms with E-state index in [0.29, 0.717) is 12.5 Å². The van der Waals surface area contributed by atoms with Crippen LogP contribution in [0.5, 0.6) is 0 Å². The second-order valence-corrected chi connectivity index (χ2v) is 8.32. The molecule has 2 N–H and O–H groups in total. The fourth-order valence-electron chi connectivity index (χ4n) is 2.93. The predicted molar refractivity (Wildman–Crippen MR) is 99.9 cm³/mol. The Hall–Kier alpha value is -1.99. The molecule has 1 saturated carbocycles. The van der Waals surface area contributed by atoms with E-state index in [1.165, 1.54) is 0 Å². The van der Waals surface area contributed by atoms with E-state index in [2.05, 4.69) is 15.8 Å². The van der Waals surface area contributed by atoms with Crippen molar-refractivity contribution in [2.24, 2.45) is 5.41 Å². The number of pyridine rings is 1. The Morgan fingerprint density at radius 1 is 1.19 bits per heavy atom. The van der Waals surface area contributed by atoms with Gasteiger partial charge in [0, 0.05) is 24.8 Å². The number of carbonyl (C=O) groups excluding carboxylic acids is 2. The summed E-state index contributed by atoms with van der Waals surface area (Å²) in [6.45, 7) is 7.28. The van der Waals surface area contributed by atoms with Crippen LogP contribution in [0, 0.1) is 5.41 Å². The highest BCUT2D eigenvalue weighted by molar-refractivity contribution is 5.94.